The third-order valence-corrected chi connectivity index (χ3v) is 5.81. The van der Waals surface area contributed by atoms with Crippen LogP contribution in [0, 0.1) is 17.0 Å². The van der Waals surface area contributed by atoms with Crippen molar-refractivity contribution in [3.05, 3.63) is 111 Å². The first-order valence-electron chi connectivity index (χ1n) is 10.4. The molecule has 0 aromatic heterocycles. The van der Waals surface area contributed by atoms with Crippen LogP contribution >= 0.6 is 0 Å². The SMILES string of the molecule is Cc1cc(C(=O)NCC(=O)N2Cc3ccccc3C(c3ccccc3)C2)ccc1[N+](=O)[O-]. The van der Waals surface area contributed by atoms with E-state index in [4.69, 9.17) is 0 Å². The van der Waals surface area contributed by atoms with Crippen LogP contribution in [0.5, 0.6) is 0 Å². The van der Waals surface area contributed by atoms with Crippen molar-refractivity contribution in [1.29, 1.82) is 0 Å². The monoisotopic (exact) mass is 429 g/mol. The number of rotatable bonds is 5. The second-order valence-electron chi connectivity index (χ2n) is 7.88. The summed E-state index contributed by atoms with van der Waals surface area (Å²) < 4.78 is 0. The highest BCUT2D eigenvalue weighted by molar-refractivity contribution is 5.97. The van der Waals surface area contributed by atoms with Gasteiger partial charge in [0, 0.05) is 36.2 Å². The van der Waals surface area contributed by atoms with Gasteiger partial charge in [-0.25, -0.2) is 0 Å². The Balaban J connectivity index is 1.46. The van der Waals surface area contributed by atoms with Gasteiger partial charge in [0.2, 0.25) is 5.91 Å². The molecular formula is C25H23N3O4. The molecule has 0 saturated carbocycles. The van der Waals surface area contributed by atoms with Crippen molar-refractivity contribution in [2.24, 2.45) is 0 Å². The lowest BCUT2D eigenvalue weighted by Gasteiger charge is -2.35. The van der Waals surface area contributed by atoms with E-state index >= 15 is 0 Å². The highest BCUT2D eigenvalue weighted by Gasteiger charge is 2.29. The smallest absolute Gasteiger partial charge is 0.272 e. The van der Waals surface area contributed by atoms with Gasteiger partial charge in [-0.2, -0.15) is 0 Å². The fourth-order valence-corrected chi connectivity index (χ4v) is 4.14. The van der Waals surface area contributed by atoms with E-state index in [1.165, 1.54) is 23.8 Å². The summed E-state index contributed by atoms with van der Waals surface area (Å²) >= 11 is 0. The topological polar surface area (TPSA) is 92.6 Å². The maximum Gasteiger partial charge on any atom is 0.272 e. The van der Waals surface area contributed by atoms with E-state index in [2.05, 4.69) is 23.5 Å². The summed E-state index contributed by atoms with van der Waals surface area (Å²) in [6.45, 7) is 2.46. The molecule has 0 radical (unpaired) electrons. The van der Waals surface area contributed by atoms with Crippen LogP contribution in [0.2, 0.25) is 0 Å². The lowest BCUT2D eigenvalue weighted by atomic mass is 9.84. The fraction of sp³-hybridized carbons (Fsp3) is 0.200. The molecular weight excluding hydrogens is 406 g/mol. The first-order chi connectivity index (χ1) is 15.4. The Hall–Kier alpha value is -4.00. The molecule has 1 aliphatic rings. The Morgan fingerprint density at radius 1 is 1.06 bits per heavy atom. The minimum atomic E-state index is -0.488. The number of nitro benzene ring substituents is 1. The molecule has 1 heterocycles. The largest absolute Gasteiger partial charge is 0.343 e. The molecule has 0 saturated heterocycles. The van der Waals surface area contributed by atoms with Crippen LogP contribution in [-0.4, -0.2) is 34.7 Å². The van der Waals surface area contributed by atoms with Crippen molar-refractivity contribution in [2.45, 2.75) is 19.4 Å². The summed E-state index contributed by atoms with van der Waals surface area (Å²) in [4.78, 5) is 37.7. The highest BCUT2D eigenvalue weighted by Crippen LogP contribution is 2.33. The standard InChI is InChI=1S/C25H23N3O4/c1-17-13-19(11-12-23(17)28(31)32)25(30)26-14-24(29)27-15-20-9-5-6-10-21(20)22(16-27)18-7-3-2-4-8-18/h2-13,22H,14-16H2,1H3,(H,26,30). The van der Waals surface area contributed by atoms with Crippen LogP contribution in [0.1, 0.15) is 38.5 Å². The molecule has 2 amide bonds. The van der Waals surface area contributed by atoms with Gasteiger partial charge < -0.3 is 10.2 Å². The minimum Gasteiger partial charge on any atom is -0.343 e. The number of nitrogens with one attached hydrogen (secondary N) is 1. The zero-order chi connectivity index (χ0) is 22.7. The third kappa shape index (κ3) is 4.37. The number of fused-ring (bicyclic) bond motifs is 1. The molecule has 3 aromatic rings. The van der Waals surface area contributed by atoms with Crippen molar-refractivity contribution >= 4 is 17.5 Å². The molecule has 7 heteroatoms. The van der Waals surface area contributed by atoms with Crippen LogP contribution in [-0.2, 0) is 11.3 Å². The second kappa shape index (κ2) is 9.01. The predicted molar refractivity (Wildman–Crippen MR) is 120 cm³/mol. The van der Waals surface area contributed by atoms with Gasteiger partial charge in [0.1, 0.15) is 0 Å². The molecule has 162 valence electrons. The predicted octanol–water partition coefficient (Wildman–Crippen LogP) is 3.81. The fourth-order valence-electron chi connectivity index (χ4n) is 4.14. The number of benzene rings is 3. The number of hydrogen-bond acceptors (Lipinski definition) is 4. The van der Waals surface area contributed by atoms with Gasteiger partial charge in [0.05, 0.1) is 11.5 Å². The molecule has 1 atom stereocenters. The van der Waals surface area contributed by atoms with E-state index in [0.29, 0.717) is 18.7 Å². The molecule has 1 aliphatic heterocycles. The molecule has 0 bridgehead atoms. The van der Waals surface area contributed by atoms with E-state index in [1.807, 2.05) is 36.4 Å². The number of nitrogens with zero attached hydrogens (tertiary/aromatic N) is 2. The van der Waals surface area contributed by atoms with Gasteiger partial charge in [-0.1, -0.05) is 54.6 Å². The first-order valence-corrected chi connectivity index (χ1v) is 10.4. The van der Waals surface area contributed by atoms with Crippen LogP contribution < -0.4 is 5.32 Å². The van der Waals surface area contributed by atoms with Crippen LogP contribution in [0.15, 0.2) is 72.8 Å². The Bertz CT molecular complexity index is 1180. The first kappa shape index (κ1) is 21.2. The van der Waals surface area contributed by atoms with Crippen molar-refractivity contribution in [2.75, 3.05) is 13.1 Å². The number of carbonyl (C=O) groups excluding carboxylic acids is 2. The Morgan fingerprint density at radius 2 is 1.78 bits per heavy atom. The Labute approximate surface area is 185 Å². The van der Waals surface area contributed by atoms with Crippen molar-refractivity contribution < 1.29 is 14.5 Å². The average Bonchev–Trinajstić information content (AvgIpc) is 2.81. The van der Waals surface area contributed by atoms with Gasteiger partial charge in [-0.05, 0) is 35.7 Å². The summed E-state index contributed by atoms with van der Waals surface area (Å²) in [6, 6.07) is 22.4. The summed E-state index contributed by atoms with van der Waals surface area (Å²) in [7, 11) is 0. The third-order valence-electron chi connectivity index (χ3n) is 5.81. The van der Waals surface area contributed by atoms with Crippen LogP contribution in [0.4, 0.5) is 5.69 Å². The van der Waals surface area contributed by atoms with E-state index < -0.39 is 10.8 Å². The van der Waals surface area contributed by atoms with Gasteiger partial charge in [0.25, 0.3) is 11.6 Å². The zero-order valence-electron chi connectivity index (χ0n) is 17.7. The quantitative estimate of drug-likeness (QED) is 0.493. The van der Waals surface area contributed by atoms with E-state index in [1.54, 1.807) is 11.8 Å². The summed E-state index contributed by atoms with van der Waals surface area (Å²) in [5.41, 5.74) is 4.09. The summed E-state index contributed by atoms with van der Waals surface area (Å²) in [6.07, 6.45) is 0. The lowest BCUT2D eigenvalue weighted by molar-refractivity contribution is -0.385. The van der Waals surface area contributed by atoms with Crippen LogP contribution in [0.3, 0.4) is 0 Å². The number of hydrogen-bond donors (Lipinski definition) is 1. The number of carbonyl (C=O) groups is 2. The molecule has 7 nitrogen and oxygen atoms in total. The molecule has 4 rings (SSSR count). The van der Waals surface area contributed by atoms with Gasteiger partial charge >= 0.3 is 0 Å². The Morgan fingerprint density at radius 3 is 2.50 bits per heavy atom. The van der Waals surface area contributed by atoms with Gasteiger partial charge in [-0.15, -0.1) is 0 Å². The maximum absolute atomic E-state index is 13.0. The van der Waals surface area contributed by atoms with Crippen molar-refractivity contribution in [1.82, 2.24) is 10.2 Å². The second-order valence-corrected chi connectivity index (χ2v) is 7.88. The minimum absolute atomic E-state index is 0.0448. The highest BCUT2D eigenvalue weighted by atomic mass is 16.6. The zero-order valence-corrected chi connectivity index (χ0v) is 17.7. The normalized spacial score (nSPS) is 15.0. The van der Waals surface area contributed by atoms with Crippen molar-refractivity contribution in [3.63, 3.8) is 0 Å². The van der Waals surface area contributed by atoms with E-state index in [-0.39, 0.29) is 29.6 Å². The molecule has 1 unspecified atom stereocenters. The number of aryl methyl sites for hydroxylation is 1. The molecule has 1 N–H and O–H groups in total. The van der Waals surface area contributed by atoms with Gasteiger partial charge in [0.15, 0.2) is 0 Å². The molecule has 32 heavy (non-hydrogen) atoms. The lowest BCUT2D eigenvalue weighted by Crippen LogP contribution is -2.44. The van der Waals surface area contributed by atoms with E-state index in [0.717, 1.165) is 11.1 Å². The summed E-state index contributed by atoms with van der Waals surface area (Å²) in [5.74, 6) is -0.543. The molecule has 0 aliphatic carbocycles. The Kier molecular flexibility index (Phi) is 5.98. The molecule has 0 spiro atoms. The average molecular weight is 429 g/mol. The van der Waals surface area contributed by atoms with Gasteiger partial charge in [-0.3, -0.25) is 19.7 Å². The maximum atomic E-state index is 13.0. The van der Waals surface area contributed by atoms with Crippen molar-refractivity contribution in [3.8, 4) is 0 Å². The summed E-state index contributed by atoms with van der Waals surface area (Å²) in [5, 5.41) is 13.6. The number of nitro groups is 1. The molecule has 0 fully saturated rings. The number of amides is 2. The van der Waals surface area contributed by atoms with Crippen LogP contribution in [0.25, 0.3) is 0 Å². The van der Waals surface area contributed by atoms with E-state index in [9.17, 15) is 19.7 Å². The molecule has 3 aromatic carbocycles.